The third kappa shape index (κ3) is 2.46. The van der Waals surface area contributed by atoms with Crippen LogP contribution in [0.4, 0.5) is 0 Å². The molecule has 0 bridgehead atoms. The Morgan fingerprint density at radius 1 is 1.17 bits per heavy atom. The van der Waals surface area contributed by atoms with Crippen molar-refractivity contribution < 1.29 is 0 Å². The normalized spacial score (nSPS) is 11.8. The minimum absolute atomic E-state index is 0.185. The van der Waals surface area contributed by atoms with Gasteiger partial charge in [0.25, 0.3) is 0 Å². The van der Waals surface area contributed by atoms with Crippen molar-refractivity contribution in [1.82, 2.24) is 9.55 Å². The van der Waals surface area contributed by atoms with E-state index < -0.39 is 0 Å². The molecule has 0 atom stereocenters. The lowest BCUT2D eigenvalue weighted by Crippen LogP contribution is -2.10. The molecule has 0 radical (unpaired) electrons. The van der Waals surface area contributed by atoms with Crippen molar-refractivity contribution in [2.75, 3.05) is 0 Å². The molecule has 3 nitrogen and oxygen atoms in total. The van der Waals surface area contributed by atoms with Crippen LogP contribution in [0.2, 0.25) is 0 Å². The van der Waals surface area contributed by atoms with Gasteiger partial charge < -0.3 is 10.3 Å². The summed E-state index contributed by atoms with van der Waals surface area (Å²) in [6.07, 6.45) is 2.00. The predicted molar refractivity (Wildman–Crippen MR) is 74.9 cm³/mol. The summed E-state index contributed by atoms with van der Waals surface area (Å²) in [5.41, 5.74) is 9.19. The number of benzene rings is 1. The molecule has 0 aliphatic rings. The number of nitrogens with zero attached hydrogens (tertiary/aromatic N) is 2. The Morgan fingerprint density at radius 2 is 1.78 bits per heavy atom. The van der Waals surface area contributed by atoms with Crippen LogP contribution in [0.3, 0.4) is 0 Å². The van der Waals surface area contributed by atoms with Gasteiger partial charge in [-0.2, -0.15) is 0 Å². The van der Waals surface area contributed by atoms with Gasteiger partial charge in [0.2, 0.25) is 0 Å². The SMILES string of the molecule is Cc1nc(CN)cn1-c1ccc(C(C)(C)C)cc1. The van der Waals surface area contributed by atoms with Crippen molar-refractivity contribution >= 4 is 0 Å². The number of rotatable bonds is 2. The second kappa shape index (κ2) is 4.58. The summed E-state index contributed by atoms with van der Waals surface area (Å²) in [7, 11) is 0. The lowest BCUT2D eigenvalue weighted by atomic mass is 9.87. The Hall–Kier alpha value is -1.61. The molecule has 18 heavy (non-hydrogen) atoms. The topological polar surface area (TPSA) is 43.8 Å². The van der Waals surface area contributed by atoms with E-state index in [1.54, 1.807) is 0 Å². The molecule has 1 aromatic heterocycles. The lowest BCUT2D eigenvalue weighted by Gasteiger charge is -2.19. The second-order valence-electron chi connectivity index (χ2n) is 5.65. The van der Waals surface area contributed by atoms with E-state index >= 15 is 0 Å². The number of hydrogen-bond acceptors (Lipinski definition) is 2. The van der Waals surface area contributed by atoms with Crippen LogP contribution in [0.25, 0.3) is 5.69 Å². The first-order valence-corrected chi connectivity index (χ1v) is 6.27. The van der Waals surface area contributed by atoms with E-state index in [1.807, 2.05) is 13.1 Å². The molecule has 0 saturated heterocycles. The molecular formula is C15H21N3. The smallest absolute Gasteiger partial charge is 0.110 e. The summed E-state index contributed by atoms with van der Waals surface area (Å²) in [4.78, 5) is 4.41. The number of aryl methyl sites for hydroxylation is 1. The van der Waals surface area contributed by atoms with Gasteiger partial charge in [0.05, 0.1) is 5.69 Å². The quantitative estimate of drug-likeness (QED) is 0.881. The molecule has 0 spiro atoms. The van der Waals surface area contributed by atoms with E-state index in [1.165, 1.54) is 5.56 Å². The maximum atomic E-state index is 5.62. The zero-order valence-electron chi connectivity index (χ0n) is 11.6. The van der Waals surface area contributed by atoms with E-state index in [-0.39, 0.29) is 5.41 Å². The van der Waals surface area contributed by atoms with Crippen LogP contribution in [-0.2, 0) is 12.0 Å². The molecule has 2 rings (SSSR count). The van der Waals surface area contributed by atoms with E-state index in [0.717, 1.165) is 17.2 Å². The fourth-order valence-electron chi connectivity index (χ4n) is 2.01. The fraction of sp³-hybridized carbons (Fsp3) is 0.400. The van der Waals surface area contributed by atoms with Gasteiger partial charge >= 0.3 is 0 Å². The first-order chi connectivity index (χ1) is 8.41. The van der Waals surface area contributed by atoms with Gasteiger partial charge in [-0.1, -0.05) is 32.9 Å². The minimum Gasteiger partial charge on any atom is -0.325 e. The zero-order valence-corrected chi connectivity index (χ0v) is 11.6. The van der Waals surface area contributed by atoms with Gasteiger partial charge in [0, 0.05) is 18.4 Å². The summed E-state index contributed by atoms with van der Waals surface area (Å²) in [5.74, 6) is 0.971. The van der Waals surface area contributed by atoms with Crippen LogP contribution >= 0.6 is 0 Å². The molecule has 2 aromatic rings. The van der Waals surface area contributed by atoms with Crippen LogP contribution in [0.5, 0.6) is 0 Å². The van der Waals surface area contributed by atoms with Crippen molar-refractivity contribution in [1.29, 1.82) is 0 Å². The Labute approximate surface area is 109 Å². The third-order valence-electron chi connectivity index (χ3n) is 3.15. The van der Waals surface area contributed by atoms with Crippen LogP contribution < -0.4 is 5.73 Å². The highest BCUT2D eigenvalue weighted by molar-refractivity contribution is 5.38. The maximum absolute atomic E-state index is 5.62. The molecule has 0 aliphatic carbocycles. The van der Waals surface area contributed by atoms with Crippen LogP contribution in [0.15, 0.2) is 30.5 Å². The molecule has 0 unspecified atom stereocenters. The fourth-order valence-corrected chi connectivity index (χ4v) is 2.01. The van der Waals surface area contributed by atoms with Crippen molar-refractivity contribution in [3.05, 3.63) is 47.5 Å². The van der Waals surface area contributed by atoms with Crippen molar-refractivity contribution in [3.8, 4) is 5.69 Å². The third-order valence-corrected chi connectivity index (χ3v) is 3.15. The van der Waals surface area contributed by atoms with Crippen molar-refractivity contribution in [3.63, 3.8) is 0 Å². The molecule has 0 aliphatic heterocycles. The van der Waals surface area contributed by atoms with E-state index in [2.05, 4.69) is 54.6 Å². The monoisotopic (exact) mass is 243 g/mol. The molecule has 0 amide bonds. The van der Waals surface area contributed by atoms with Gasteiger partial charge in [0.15, 0.2) is 0 Å². The lowest BCUT2D eigenvalue weighted by molar-refractivity contribution is 0.590. The Bertz CT molecular complexity index is 530. The molecule has 96 valence electrons. The maximum Gasteiger partial charge on any atom is 0.110 e. The first-order valence-electron chi connectivity index (χ1n) is 6.27. The largest absolute Gasteiger partial charge is 0.325 e. The summed E-state index contributed by atoms with van der Waals surface area (Å²) < 4.78 is 2.08. The highest BCUT2D eigenvalue weighted by Crippen LogP contribution is 2.23. The van der Waals surface area contributed by atoms with Gasteiger partial charge in [-0.25, -0.2) is 4.98 Å². The molecule has 0 saturated carbocycles. The zero-order chi connectivity index (χ0) is 13.3. The number of hydrogen-bond donors (Lipinski definition) is 1. The van der Waals surface area contributed by atoms with Gasteiger partial charge in [-0.15, -0.1) is 0 Å². The second-order valence-corrected chi connectivity index (χ2v) is 5.65. The van der Waals surface area contributed by atoms with E-state index in [9.17, 15) is 0 Å². The molecule has 2 N–H and O–H groups in total. The summed E-state index contributed by atoms with van der Waals surface area (Å²) in [6.45, 7) is 9.13. The van der Waals surface area contributed by atoms with Crippen LogP contribution in [0, 0.1) is 6.92 Å². The molecule has 1 aromatic carbocycles. The van der Waals surface area contributed by atoms with Crippen molar-refractivity contribution in [2.24, 2.45) is 5.73 Å². The number of aromatic nitrogens is 2. The van der Waals surface area contributed by atoms with Crippen molar-refractivity contribution in [2.45, 2.75) is 39.7 Å². The number of nitrogens with two attached hydrogens (primary N) is 1. The standard InChI is InChI=1S/C15H21N3/c1-11-17-13(9-16)10-18(11)14-7-5-12(6-8-14)15(2,3)4/h5-8,10H,9,16H2,1-4H3. The predicted octanol–water partition coefficient (Wildman–Crippen LogP) is 2.94. The van der Waals surface area contributed by atoms with Crippen LogP contribution in [0.1, 0.15) is 37.9 Å². The highest BCUT2D eigenvalue weighted by Gasteiger charge is 2.13. The number of imidazole rings is 1. The average Bonchev–Trinajstić information content (AvgIpc) is 2.70. The molecular weight excluding hydrogens is 222 g/mol. The van der Waals surface area contributed by atoms with Crippen LogP contribution in [-0.4, -0.2) is 9.55 Å². The Balaban J connectivity index is 2.37. The van der Waals surface area contributed by atoms with Gasteiger partial charge in [-0.05, 0) is 30.0 Å². The summed E-state index contributed by atoms with van der Waals surface area (Å²) >= 11 is 0. The van der Waals surface area contributed by atoms with E-state index in [0.29, 0.717) is 6.54 Å². The Kier molecular flexibility index (Phi) is 3.26. The highest BCUT2D eigenvalue weighted by atomic mass is 15.1. The van der Waals surface area contributed by atoms with Gasteiger partial charge in [0.1, 0.15) is 5.82 Å². The Morgan fingerprint density at radius 3 is 2.22 bits per heavy atom. The molecule has 1 heterocycles. The first kappa shape index (κ1) is 12.8. The molecule has 3 heteroatoms. The molecule has 0 fully saturated rings. The summed E-state index contributed by atoms with van der Waals surface area (Å²) in [5, 5.41) is 0. The van der Waals surface area contributed by atoms with E-state index in [4.69, 9.17) is 5.73 Å². The van der Waals surface area contributed by atoms with Gasteiger partial charge in [-0.3, -0.25) is 0 Å². The average molecular weight is 243 g/mol. The minimum atomic E-state index is 0.185. The summed E-state index contributed by atoms with van der Waals surface area (Å²) in [6, 6.07) is 8.62.